The van der Waals surface area contributed by atoms with Crippen LogP contribution >= 0.6 is 0 Å². The summed E-state index contributed by atoms with van der Waals surface area (Å²) in [5.41, 5.74) is 6.15. The second kappa shape index (κ2) is 8.38. The van der Waals surface area contributed by atoms with Gasteiger partial charge in [0.15, 0.2) is 5.65 Å². The maximum absolute atomic E-state index is 12.8. The lowest BCUT2D eigenvalue weighted by atomic mass is 10.0. The van der Waals surface area contributed by atoms with Gasteiger partial charge in [0, 0.05) is 24.5 Å². The monoisotopic (exact) mass is 440 g/mol. The SMILES string of the molecule is Cc1ccc(-c2cc3c4nn(CC(=O)NCCc5ccccc5)c(=O)n4ccn3n2)cc1C. The van der Waals surface area contributed by atoms with Gasteiger partial charge >= 0.3 is 5.69 Å². The lowest BCUT2D eigenvalue weighted by molar-refractivity contribution is -0.121. The summed E-state index contributed by atoms with van der Waals surface area (Å²) in [4.78, 5) is 25.2. The van der Waals surface area contributed by atoms with Crippen LogP contribution in [-0.2, 0) is 17.8 Å². The van der Waals surface area contributed by atoms with Crippen LogP contribution in [0.3, 0.4) is 0 Å². The Morgan fingerprint density at radius 3 is 2.58 bits per heavy atom. The molecule has 8 nitrogen and oxygen atoms in total. The second-order valence-electron chi connectivity index (χ2n) is 8.18. The third kappa shape index (κ3) is 4.03. The summed E-state index contributed by atoms with van der Waals surface area (Å²) in [5, 5.41) is 11.9. The minimum atomic E-state index is -0.361. The fourth-order valence-corrected chi connectivity index (χ4v) is 3.86. The van der Waals surface area contributed by atoms with E-state index in [0.717, 1.165) is 23.2 Å². The van der Waals surface area contributed by atoms with E-state index >= 15 is 0 Å². The lowest BCUT2D eigenvalue weighted by Crippen LogP contribution is -2.33. The number of amides is 1. The normalized spacial score (nSPS) is 11.3. The van der Waals surface area contributed by atoms with Gasteiger partial charge in [-0.05, 0) is 49.1 Å². The summed E-state index contributed by atoms with van der Waals surface area (Å²) in [6.45, 7) is 4.50. The molecule has 0 fully saturated rings. The Hall–Kier alpha value is -4.20. The van der Waals surface area contributed by atoms with E-state index in [4.69, 9.17) is 0 Å². The van der Waals surface area contributed by atoms with Crippen molar-refractivity contribution in [1.82, 2.24) is 29.1 Å². The second-order valence-corrected chi connectivity index (χ2v) is 8.18. The van der Waals surface area contributed by atoms with Gasteiger partial charge in [0.05, 0.1) is 5.69 Å². The van der Waals surface area contributed by atoms with Gasteiger partial charge in [-0.3, -0.25) is 4.79 Å². The van der Waals surface area contributed by atoms with Crippen molar-refractivity contribution < 1.29 is 4.79 Å². The molecule has 3 aromatic heterocycles. The van der Waals surface area contributed by atoms with Crippen LogP contribution in [0.1, 0.15) is 16.7 Å². The van der Waals surface area contributed by atoms with Crippen molar-refractivity contribution in [3.05, 3.63) is 94.2 Å². The first kappa shape index (κ1) is 20.7. The predicted molar refractivity (Wildman–Crippen MR) is 126 cm³/mol. The van der Waals surface area contributed by atoms with E-state index in [1.807, 2.05) is 42.5 Å². The van der Waals surface area contributed by atoms with Crippen molar-refractivity contribution in [2.45, 2.75) is 26.8 Å². The van der Waals surface area contributed by atoms with Crippen LogP contribution in [0.15, 0.2) is 71.8 Å². The Morgan fingerprint density at radius 2 is 1.79 bits per heavy atom. The van der Waals surface area contributed by atoms with E-state index in [-0.39, 0.29) is 18.1 Å². The van der Waals surface area contributed by atoms with Gasteiger partial charge in [0.1, 0.15) is 12.1 Å². The van der Waals surface area contributed by atoms with Crippen LogP contribution in [0.4, 0.5) is 0 Å². The Balaban J connectivity index is 1.39. The Kier molecular flexibility index (Phi) is 5.26. The van der Waals surface area contributed by atoms with E-state index in [0.29, 0.717) is 17.7 Å². The molecule has 0 atom stereocenters. The first-order valence-corrected chi connectivity index (χ1v) is 10.9. The molecule has 0 saturated heterocycles. The number of aryl methyl sites for hydroxylation is 2. The van der Waals surface area contributed by atoms with Gasteiger partial charge in [-0.1, -0.05) is 42.5 Å². The van der Waals surface area contributed by atoms with Gasteiger partial charge in [-0.15, -0.1) is 5.10 Å². The number of nitrogens with one attached hydrogen (secondary N) is 1. The minimum absolute atomic E-state index is 0.139. The Labute approximate surface area is 190 Å². The fourth-order valence-electron chi connectivity index (χ4n) is 3.86. The third-order valence-corrected chi connectivity index (χ3v) is 5.87. The first-order valence-electron chi connectivity index (χ1n) is 10.9. The standard InChI is InChI=1S/C25H24N6O2/c1-17-8-9-20(14-18(17)2)21-15-22-24-28-31(25(33)29(24)12-13-30(22)27-21)16-23(32)26-11-10-19-6-4-3-5-7-19/h3-9,12-15H,10-11,16H2,1-2H3,(H,26,32). The summed E-state index contributed by atoms with van der Waals surface area (Å²) in [7, 11) is 0. The number of hydrogen-bond donors (Lipinski definition) is 1. The van der Waals surface area contributed by atoms with Crippen LogP contribution in [-0.4, -0.2) is 36.2 Å². The van der Waals surface area contributed by atoms with E-state index in [1.165, 1.54) is 20.2 Å². The highest BCUT2D eigenvalue weighted by molar-refractivity contribution is 5.78. The highest BCUT2D eigenvalue weighted by atomic mass is 16.2. The zero-order chi connectivity index (χ0) is 22.9. The summed E-state index contributed by atoms with van der Waals surface area (Å²) in [6, 6.07) is 18.0. The van der Waals surface area contributed by atoms with Gasteiger partial charge in [-0.25, -0.2) is 18.4 Å². The highest BCUT2D eigenvalue weighted by Gasteiger charge is 2.15. The maximum Gasteiger partial charge on any atom is 0.350 e. The molecule has 166 valence electrons. The summed E-state index contributed by atoms with van der Waals surface area (Å²) >= 11 is 0. The number of rotatable bonds is 6. The molecule has 0 aliphatic heterocycles. The smallest absolute Gasteiger partial charge is 0.350 e. The molecule has 5 aromatic rings. The topological polar surface area (TPSA) is 85.7 Å². The molecular weight excluding hydrogens is 416 g/mol. The van der Waals surface area contributed by atoms with E-state index < -0.39 is 0 Å². The quantitative estimate of drug-likeness (QED) is 0.440. The molecule has 8 heteroatoms. The number of hydrogen-bond acceptors (Lipinski definition) is 4. The van der Waals surface area contributed by atoms with Crippen LogP contribution < -0.4 is 11.0 Å². The molecule has 0 unspecified atom stereocenters. The summed E-state index contributed by atoms with van der Waals surface area (Å²) < 4.78 is 4.34. The Morgan fingerprint density at radius 1 is 0.970 bits per heavy atom. The van der Waals surface area contributed by atoms with Crippen molar-refractivity contribution in [2.75, 3.05) is 6.54 Å². The number of fused-ring (bicyclic) bond motifs is 3. The van der Waals surface area contributed by atoms with Crippen LogP contribution in [0.5, 0.6) is 0 Å². The molecule has 0 radical (unpaired) electrons. The predicted octanol–water partition coefficient (Wildman–Crippen LogP) is 2.79. The zero-order valence-electron chi connectivity index (χ0n) is 18.5. The van der Waals surface area contributed by atoms with Crippen LogP contribution in [0.2, 0.25) is 0 Å². The number of nitrogens with zero attached hydrogens (tertiary/aromatic N) is 5. The molecule has 0 saturated carbocycles. The van der Waals surface area contributed by atoms with Gasteiger partial charge in [0.25, 0.3) is 0 Å². The molecule has 0 spiro atoms. The van der Waals surface area contributed by atoms with Crippen molar-refractivity contribution in [3.8, 4) is 11.3 Å². The Bertz CT molecular complexity index is 1530. The van der Waals surface area contributed by atoms with E-state index in [9.17, 15) is 9.59 Å². The largest absolute Gasteiger partial charge is 0.354 e. The molecule has 1 N–H and O–H groups in total. The third-order valence-electron chi connectivity index (χ3n) is 5.87. The molecule has 3 heterocycles. The molecule has 0 aliphatic carbocycles. The average molecular weight is 441 g/mol. The van der Waals surface area contributed by atoms with E-state index in [2.05, 4.69) is 41.5 Å². The van der Waals surface area contributed by atoms with Gasteiger partial charge < -0.3 is 5.32 Å². The van der Waals surface area contributed by atoms with Crippen molar-refractivity contribution >= 4 is 17.1 Å². The average Bonchev–Trinajstić information content (AvgIpc) is 3.38. The van der Waals surface area contributed by atoms with Crippen molar-refractivity contribution in [2.24, 2.45) is 0 Å². The summed E-state index contributed by atoms with van der Waals surface area (Å²) in [5.74, 6) is -0.253. The zero-order valence-corrected chi connectivity index (χ0v) is 18.5. The number of aromatic nitrogens is 5. The van der Waals surface area contributed by atoms with Crippen LogP contribution in [0.25, 0.3) is 22.4 Å². The number of carbonyl (C=O) groups is 1. The molecule has 5 rings (SSSR count). The number of carbonyl (C=O) groups excluding carboxylic acids is 1. The first-order chi connectivity index (χ1) is 16.0. The molecule has 1 amide bonds. The number of benzene rings is 2. The molecular formula is C25H24N6O2. The maximum atomic E-state index is 12.8. The minimum Gasteiger partial charge on any atom is -0.354 e. The van der Waals surface area contributed by atoms with Gasteiger partial charge in [-0.2, -0.15) is 5.10 Å². The lowest BCUT2D eigenvalue weighted by Gasteiger charge is -2.04. The molecule has 0 aliphatic rings. The van der Waals surface area contributed by atoms with Gasteiger partial charge in [0.2, 0.25) is 5.91 Å². The van der Waals surface area contributed by atoms with Crippen molar-refractivity contribution in [3.63, 3.8) is 0 Å². The van der Waals surface area contributed by atoms with E-state index in [1.54, 1.807) is 16.9 Å². The highest BCUT2D eigenvalue weighted by Crippen LogP contribution is 2.23. The molecule has 33 heavy (non-hydrogen) atoms. The molecule has 0 bridgehead atoms. The summed E-state index contributed by atoms with van der Waals surface area (Å²) in [6.07, 6.45) is 4.07. The fraction of sp³-hybridized carbons (Fsp3) is 0.200. The molecule has 2 aromatic carbocycles. The van der Waals surface area contributed by atoms with Crippen molar-refractivity contribution in [1.29, 1.82) is 0 Å². The van der Waals surface area contributed by atoms with Crippen LogP contribution in [0, 0.1) is 13.8 Å².